The van der Waals surface area contributed by atoms with Gasteiger partial charge in [-0.25, -0.2) is 4.98 Å². The molecule has 2 aromatic carbocycles. The smallest absolute Gasteiger partial charge is 0.255 e. The van der Waals surface area contributed by atoms with E-state index in [-0.39, 0.29) is 11.7 Å². The molecule has 0 radical (unpaired) electrons. The Bertz CT molecular complexity index is 980. The number of ketones is 1. The van der Waals surface area contributed by atoms with Crippen molar-refractivity contribution in [3.63, 3.8) is 0 Å². The number of rotatable bonds is 6. The minimum Gasteiger partial charge on any atom is -0.378 e. The Morgan fingerprint density at radius 1 is 0.857 bits per heavy atom. The van der Waals surface area contributed by atoms with Crippen molar-refractivity contribution in [2.75, 3.05) is 29.6 Å². The van der Waals surface area contributed by atoms with Gasteiger partial charge in [0.05, 0.1) is 0 Å². The topological polar surface area (TPSA) is 74.3 Å². The molecule has 0 atom stereocenters. The Balaban J connectivity index is 1.69. The summed E-state index contributed by atoms with van der Waals surface area (Å²) in [6.45, 7) is 1.53. The van der Waals surface area contributed by atoms with E-state index in [9.17, 15) is 9.59 Å². The van der Waals surface area contributed by atoms with E-state index in [1.54, 1.807) is 42.6 Å². The molecule has 3 rings (SSSR count). The third-order valence-electron chi connectivity index (χ3n) is 4.23. The van der Waals surface area contributed by atoms with E-state index < -0.39 is 0 Å². The summed E-state index contributed by atoms with van der Waals surface area (Å²) in [5.74, 6) is 0.350. The standard InChI is InChI=1S/C22H22N4O2/c1-15(27)16-4-6-18(7-5-16)24-21-14-17(12-13-23-21)22(28)25-19-8-10-20(11-9-19)26(2)3/h4-14H,1-3H3,(H,23,24)(H,25,28). The monoisotopic (exact) mass is 374 g/mol. The highest BCUT2D eigenvalue weighted by atomic mass is 16.1. The number of hydrogen-bond donors (Lipinski definition) is 2. The molecule has 0 aliphatic heterocycles. The number of pyridine rings is 1. The summed E-state index contributed by atoms with van der Waals surface area (Å²) in [6, 6.07) is 18.1. The summed E-state index contributed by atoms with van der Waals surface area (Å²) < 4.78 is 0. The fourth-order valence-corrected chi connectivity index (χ4v) is 2.62. The van der Waals surface area contributed by atoms with Crippen molar-refractivity contribution >= 4 is 34.6 Å². The summed E-state index contributed by atoms with van der Waals surface area (Å²) in [7, 11) is 3.93. The number of benzene rings is 2. The molecule has 0 saturated carbocycles. The molecule has 1 heterocycles. The van der Waals surface area contributed by atoms with Crippen LogP contribution in [0.4, 0.5) is 22.9 Å². The molecule has 2 N–H and O–H groups in total. The van der Waals surface area contributed by atoms with Crippen LogP contribution in [0.2, 0.25) is 0 Å². The van der Waals surface area contributed by atoms with Gasteiger partial charge in [0.1, 0.15) is 5.82 Å². The van der Waals surface area contributed by atoms with Crippen LogP contribution in [0.3, 0.4) is 0 Å². The van der Waals surface area contributed by atoms with Crippen molar-refractivity contribution in [3.8, 4) is 0 Å². The largest absolute Gasteiger partial charge is 0.378 e. The SMILES string of the molecule is CC(=O)c1ccc(Nc2cc(C(=O)Nc3ccc(N(C)C)cc3)ccn2)cc1. The van der Waals surface area contributed by atoms with E-state index in [0.29, 0.717) is 16.9 Å². The molecule has 142 valence electrons. The van der Waals surface area contributed by atoms with Gasteiger partial charge in [-0.3, -0.25) is 9.59 Å². The molecule has 0 fully saturated rings. The highest BCUT2D eigenvalue weighted by molar-refractivity contribution is 6.04. The number of anilines is 4. The molecule has 0 spiro atoms. The van der Waals surface area contributed by atoms with Crippen LogP contribution in [0.1, 0.15) is 27.6 Å². The molecule has 28 heavy (non-hydrogen) atoms. The van der Waals surface area contributed by atoms with Gasteiger partial charge in [-0.1, -0.05) is 0 Å². The van der Waals surface area contributed by atoms with Gasteiger partial charge < -0.3 is 15.5 Å². The minimum absolute atomic E-state index is 0.0157. The van der Waals surface area contributed by atoms with Crippen LogP contribution in [0.5, 0.6) is 0 Å². The molecule has 0 saturated heterocycles. The molecular formula is C22H22N4O2. The Labute approximate surface area is 164 Å². The van der Waals surface area contributed by atoms with Gasteiger partial charge >= 0.3 is 0 Å². The summed E-state index contributed by atoms with van der Waals surface area (Å²) in [4.78, 5) is 30.1. The average molecular weight is 374 g/mol. The van der Waals surface area contributed by atoms with Crippen LogP contribution < -0.4 is 15.5 Å². The Morgan fingerprint density at radius 2 is 1.50 bits per heavy atom. The van der Waals surface area contributed by atoms with Gasteiger partial charge in [-0.05, 0) is 67.6 Å². The first kappa shape index (κ1) is 19.1. The lowest BCUT2D eigenvalue weighted by molar-refractivity contribution is 0.101. The molecule has 0 aliphatic rings. The van der Waals surface area contributed by atoms with E-state index in [2.05, 4.69) is 15.6 Å². The lowest BCUT2D eigenvalue weighted by atomic mass is 10.1. The third kappa shape index (κ3) is 4.73. The molecule has 1 amide bonds. The van der Waals surface area contributed by atoms with Crippen molar-refractivity contribution in [1.29, 1.82) is 0 Å². The Hall–Kier alpha value is -3.67. The molecule has 6 nitrogen and oxygen atoms in total. The molecule has 3 aromatic rings. The van der Waals surface area contributed by atoms with Gasteiger partial charge in [0, 0.05) is 48.5 Å². The van der Waals surface area contributed by atoms with Crippen molar-refractivity contribution in [1.82, 2.24) is 4.98 Å². The number of carbonyl (C=O) groups excluding carboxylic acids is 2. The maximum Gasteiger partial charge on any atom is 0.255 e. The second kappa shape index (κ2) is 8.35. The summed E-state index contributed by atoms with van der Waals surface area (Å²) in [6.07, 6.45) is 1.58. The second-order valence-electron chi connectivity index (χ2n) is 6.58. The van der Waals surface area contributed by atoms with Crippen molar-refractivity contribution in [2.24, 2.45) is 0 Å². The quantitative estimate of drug-likeness (QED) is 0.628. The van der Waals surface area contributed by atoms with E-state index in [1.807, 2.05) is 43.3 Å². The second-order valence-corrected chi connectivity index (χ2v) is 6.58. The molecule has 6 heteroatoms. The molecule has 0 bridgehead atoms. The molecular weight excluding hydrogens is 352 g/mol. The third-order valence-corrected chi connectivity index (χ3v) is 4.23. The van der Waals surface area contributed by atoms with Crippen molar-refractivity contribution in [2.45, 2.75) is 6.92 Å². The highest BCUT2D eigenvalue weighted by Gasteiger charge is 2.08. The van der Waals surface area contributed by atoms with E-state index in [1.165, 1.54) is 6.92 Å². The number of nitrogens with one attached hydrogen (secondary N) is 2. The van der Waals surface area contributed by atoms with Crippen LogP contribution in [-0.2, 0) is 0 Å². The van der Waals surface area contributed by atoms with Crippen LogP contribution >= 0.6 is 0 Å². The molecule has 0 aliphatic carbocycles. The highest BCUT2D eigenvalue weighted by Crippen LogP contribution is 2.19. The van der Waals surface area contributed by atoms with Gasteiger partial charge in [-0.15, -0.1) is 0 Å². The fraction of sp³-hybridized carbons (Fsp3) is 0.136. The van der Waals surface area contributed by atoms with Gasteiger partial charge in [0.15, 0.2) is 5.78 Å². The first-order valence-electron chi connectivity index (χ1n) is 8.85. The number of carbonyl (C=O) groups is 2. The van der Waals surface area contributed by atoms with Gasteiger partial charge in [0.2, 0.25) is 0 Å². The van der Waals surface area contributed by atoms with E-state index in [0.717, 1.165) is 17.1 Å². The number of aromatic nitrogens is 1. The first-order valence-corrected chi connectivity index (χ1v) is 8.85. The van der Waals surface area contributed by atoms with Crippen molar-refractivity contribution in [3.05, 3.63) is 78.0 Å². The predicted molar refractivity (Wildman–Crippen MR) is 113 cm³/mol. The summed E-state index contributed by atoms with van der Waals surface area (Å²) in [5.41, 5.74) is 3.71. The van der Waals surface area contributed by atoms with E-state index in [4.69, 9.17) is 0 Å². The molecule has 0 unspecified atom stereocenters. The number of amides is 1. The van der Waals surface area contributed by atoms with Crippen molar-refractivity contribution < 1.29 is 9.59 Å². The van der Waals surface area contributed by atoms with Crippen LogP contribution in [0.15, 0.2) is 66.9 Å². The van der Waals surface area contributed by atoms with Gasteiger partial charge in [0.25, 0.3) is 5.91 Å². The lowest BCUT2D eigenvalue weighted by Gasteiger charge is -2.13. The van der Waals surface area contributed by atoms with E-state index >= 15 is 0 Å². The normalized spacial score (nSPS) is 10.2. The maximum atomic E-state index is 12.5. The Kier molecular flexibility index (Phi) is 5.69. The summed E-state index contributed by atoms with van der Waals surface area (Å²) >= 11 is 0. The lowest BCUT2D eigenvalue weighted by Crippen LogP contribution is -2.13. The number of nitrogens with zero attached hydrogens (tertiary/aromatic N) is 2. The minimum atomic E-state index is -0.213. The number of Topliss-reactive ketones (excluding diaryl/α,β-unsaturated/α-hetero) is 1. The van der Waals surface area contributed by atoms with Crippen LogP contribution in [0.25, 0.3) is 0 Å². The van der Waals surface area contributed by atoms with Crippen LogP contribution in [0, 0.1) is 0 Å². The zero-order chi connectivity index (χ0) is 20.1. The fourth-order valence-electron chi connectivity index (χ4n) is 2.62. The first-order chi connectivity index (χ1) is 13.4. The maximum absolute atomic E-state index is 12.5. The summed E-state index contributed by atoms with van der Waals surface area (Å²) in [5, 5.41) is 6.03. The predicted octanol–water partition coefficient (Wildman–Crippen LogP) is 4.35. The zero-order valence-corrected chi connectivity index (χ0v) is 16.1. The Morgan fingerprint density at radius 3 is 2.11 bits per heavy atom. The van der Waals surface area contributed by atoms with Crippen LogP contribution in [-0.4, -0.2) is 30.8 Å². The average Bonchev–Trinajstić information content (AvgIpc) is 2.69. The van der Waals surface area contributed by atoms with Gasteiger partial charge in [-0.2, -0.15) is 0 Å². The number of hydrogen-bond acceptors (Lipinski definition) is 5. The zero-order valence-electron chi connectivity index (χ0n) is 16.1. The molecule has 1 aromatic heterocycles.